The topological polar surface area (TPSA) is 158 Å². The molecule has 0 saturated carbocycles. The first-order valence-corrected chi connectivity index (χ1v) is 13.2. The van der Waals surface area contributed by atoms with Crippen LogP contribution in [0.15, 0.2) is 84.4 Å². The highest BCUT2D eigenvalue weighted by atomic mass is 32.2. The molecule has 0 aliphatic rings. The van der Waals surface area contributed by atoms with Crippen LogP contribution in [0.3, 0.4) is 0 Å². The maximum atomic E-state index is 14.9. The molecular weight excluding hydrogens is 548 g/mol. The summed E-state index contributed by atoms with van der Waals surface area (Å²) in [5.74, 6) is -1.75. The van der Waals surface area contributed by atoms with E-state index in [9.17, 15) is 32.4 Å². The number of rotatable bonds is 9. The molecule has 0 aliphatic carbocycles. The maximum Gasteiger partial charge on any atom is 0.269 e. The highest BCUT2D eigenvalue weighted by molar-refractivity contribution is 7.92. The van der Waals surface area contributed by atoms with E-state index >= 15 is 0 Å². The Morgan fingerprint density at radius 3 is 2.50 bits per heavy atom. The lowest BCUT2D eigenvalue weighted by Crippen LogP contribution is -2.41. The number of nitro benzene ring substituents is 1. The Balaban J connectivity index is 1.48. The summed E-state index contributed by atoms with van der Waals surface area (Å²) in [4.78, 5) is 13.9. The van der Waals surface area contributed by atoms with Crippen molar-refractivity contribution in [3.63, 3.8) is 0 Å². The summed E-state index contributed by atoms with van der Waals surface area (Å²) in [5, 5.41) is 31.6. The number of anilines is 1. The van der Waals surface area contributed by atoms with Crippen molar-refractivity contribution < 1.29 is 27.2 Å². The van der Waals surface area contributed by atoms with Crippen molar-refractivity contribution in [1.82, 2.24) is 24.5 Å². The smallest absolute Gasteiger partial charge is 0.269 e. The number of sulfonamides is 1. The lowest BCUT2D eigenvalue weighted by atomic mass is 9.86. The molecule has 0 fully saturated rings. The number of aliphatic hydroxyl groups is 1. The average Bonchev–Trinajstić information content (AvgIpc) is 3.57. The number of hydrogen-bond acceptors (Lipinski definition) is 8. The fraction of sp³-hybridized carbons (Fsp3) is 0.160. The van der Waals surface area contributed by atoms with Crippen LogP contribution in [0.4, 0.5) is 20.2 Å². The van der Waals surface area contributed by atoms with E-state index in [1.165, 1.54) is 40.3 Å². The summed E-state index contributed by atoms with van der Waals surface area (Å²) in [6.45, 7) is 1.38. The zero-order valence-electron chi connectivity index (χ0n) is 20.7. The van der Waals surface area contributed by atoms with Gasteiger partial charge in [-0.3, -0.25) is 19.5 Å². The van der Waals surface area contributed by atoms with E-state index in [-0.39, 0.29) is 28.4 Å². The lowest BCUT2D eigenvalue weighted by molar-refractivity contribution is -0.384. The van der Waals surface area contributed by atoms with Crippen LogP contribution in [0.25, 0.3) is 10.9 Å². The molecule has 2 aromatic heterocycles. The third-order valence-electron chi connectivity index (χ3n) is 6.53. The molecule has 5 rings (SSSR count). The van der Waals surface area contributed by atoms with Crippen molar-refractivity contribution in [2.45, 2.75) is 30.0 Å². The molecule has 40 heavy (non-hydrogen) atoms. The van der Waals surface area contributed by atoms with E-state index in [4.69, 9.17) is 0 Å². The first kappa shape index (κ1) is 26.8. The Kier molecular flexibility index (Phi) is 6.77. The van der Waals surface area contributed by atoms with Crippen LogP contribution in [0, 0.1) is 21.7 Å². The minimum absolute atomic E-state index is 0.165. The maximum absolute atomic E-state index is 14.9. The zero-order valence-corrected chi connectivity index (χ0v) is 21.5. The molecule has 2 heterocycles. The fourth-order valence-corrected chi connectivity index (χ4v) is 5.48. The van der Waals surface area contributed by atoms with Crippen molar-refractivity contribution in [3.8, 4) is 0 Å². The minimum atomic E-state index is -4.06. The monoisotopic (exact) mass is 569 g/mol. The van der Waals surface area contributed by atoms with Crippen molar-refractivity contribution in [2.75, 3.05) is 4.72 Å². The minimum Gasteiger partial charge on any atom is -0.381 e. The van der Waals surface area contributed by atoms with E-state index in [1.54, 1.807) is 13.0 Å². The second kappa shape index (κ2) is 10.1. The van der Waals surface area contributed by atoms with Gasteiger partial charge in [0.05, 0.1) is 34.1 Å². The third kappa shape index (κ3) is 4.99. The van der Waals surface area contributed by atoms with Gasteiger partial charge in [0, 0.05) is 34.8 Å². The van der Waals surface area contributed by atoms with Crippen molar-refractivity contribution in [3.05, 3.63) is 107 Å². The molecule has 0 saturated heterocycles. The van der Waals surface area contributed by atoms with Gasteiger partial charge >= 0.3 is 0 Å². The zero-order chi connectivity index (χ0) is 28.7. The molecule has 2 N–H and O–H groups in total. The van der Waals surface area contributed by atoms with E-state index in [0.717, 1.165) is 36.4 Å². The third-order valence-corrected chi connectivity index (χ3v) is 7.93. The molecule has 15 heteroatoms. The van der Waals surface area contributed by atoms with Gasteiger partial charge in [-0.25, -0.2) is 26.9 Å². The van der Waals surface area contributed by atoms with Crippen molar-refractivity contribution >= 4 is 32.3 Å². The van der Waals surface area contributed by atoms with Gasteiger partial charge in [-0.1, -0.05) is 6.07 Å². The fourth-order valence-electron chi connectivity index (χ4n) is 4.43. The van der Waals surface area contributed by atoms with Gasteiger partial charge in [0.25, 0.3) is 15.7 Å². The highest BCUT2D eigenvalue weighted by Crippen LogP contribution is 2.38. The van der Waals surface area contributed by atoms with Crippen LogP contribution in [0.5, 0.6) is 0 Å². The number of nitro groups is 1. The Labute approximate surface area is 225 Å². The number of nitrogens with zero attached hydrogens (tertiary/aromatic N) is 6. The molecule has 0 unspecified atom stereocenters. The SMILES string of the molecule is C[C@@H](n1ncc2cc(NS(=O)(=O)c3ccc([N+](=O)[O-])cc3)ccc21)[C@](O)(Cn1cncn1)c1ccc(F)cc1F. The summed E-state index contributed by atoms with van der Waals surface area (Å²) in [5.41, 5.74) is -1.69. The Hall–Kier alpha value is -4.76. The standard InChI is InChI=1S/C25H21F2N7O5S/c1-16(25(35,13-32-15-28-14-30-32)22-8-2-18(26)11-23(22)27)33-24-9-3-19(10-17(24)12-29-33)31-40(38,39)21-6-4-20(5-7-21)34(36)37/h2-12,14-16,31,35H,13H2,1H3/t16-,25-/m1/s1. The van der Waals surface area contributed by atoms with Crippen LogP contribution in [-0.2, 0) is 22.2 Å². The molecule has 2 atom stereocenters. The van der Waals surface area contributed by atoms with Gasteiger partial charge in [0.1, 0.15) is 29.9 Å². The second-order valence-corrected chi connectivity index (χ2v) is 10.7. The lowest BCUT2D eigenvalue weighted by Gasteiger charge is -2.35. The largest absolute Gasteiger partial charge is 0.381 e. The van der Waals surface area contributed by atoms with Crippen molar-refractivity contribution in [1.29, 1.82) is 0 Å². The number of hydrogen-bond donors (Lipinski definition) is 2. The molecule has 0 aliphatic heterocycles. The molecule has 0 bridgehead atoms. The number of non-ortho nitro benzene ring substituents is 1. The summed E-state index contributed by atoms with van der Waals surface area (Å²) in [6, 6.07) is 11.0. The predicted octanol–water partition coefficient (Wildman–Crippen LogP) is 3.76. The summed E-state index contributed by atoms with van der Waals surface area (Å²) in [7, 11) is -4.06. The Morgan fingerprint density at radius 2 is 1.85 bits per heavy atom. The number of nitrogens with one attached hydrogen (secondary N) is 1. The summed E-state index contributed by atoms with van der Waals surface area (Å²) >= 11 is 0. The molecule has 0 spiro atoms. The normalized spacial score (nSPS) is 14.1. The predicted molar refractivity (Wildman–Crippen MR) is 139 cm³/mol. The first-order chi connectivity index (χ1) is 19.0. The van der Waals surface area contributed by atoms with Crippen LogP contribution in [0.2, 0.25) is 0 Å². The van der Waals surface area contributed by atoms with Crippen LogP contribution >= 0.6 is 0 Å². The molecule has 0 radical (unpaired) electrons. The molecule has 3 aromatic carbocycles. The average molecular weight is 570 g/mol. The van der Waals surface area contributed by atoms with E-state index < -0.39 is 38.2 Å². The number of fused-ring (bicyclic) bond motifs is 1. The molecule has 12 nitrogen and oxygen atoms in total. The van der Waals surface area contributed by atoms with Gasteiger partial charge < -0.3 is 5.11 Å². The molecule has 206 valence electrons. The quantitative estimate of drug-likeness (QED) is 0.201. The van der Waals surface area contributed by atoms with E-state index in [1.807, 2.05) is 0 Å². The highest BCUT2D eigenvalue weighted by Gasteiger charge is 2.41. The Morgan fingerprint density at radius 1 is 1.10 bits per heavy atom. The summed E-state index contributed by atoms with van der Waals surface area (Å²) < 4.78 is 59.4. The Bertz CT molecular complexity index is 1810. The van der Waals surface area contributed by atoms with Gasteiger partial charge in [0.15, 0.2) is 0 Å². The van der Waals surface area contributed by atoms with E-state index in [0.29, 0.717) is 17.0 Å². The van der Waals surface area contributed by atoms with Gasteiger partial charge in [-0.05, 0) is 43.3 Å². The van der Waals surface area contributed by atoms with Gasteiger partial charge in [0.2, 0.25) is 0 Å². The van der Waals surface area contributed by atoms with E-state index in [2.05, 4.69) is 19.9 Å². The molecular formula is C25H21F2N7O5S. The van der Waals surface area contributed by atoms with Crippen LogP contribution in [-0.4, -0.2) is 43.0 Å². The van der Waals surface area contributed by atoms with Crippen LogP contribution in [0.1, 0.15) is 18.5 Å². The second-order valence-electron chi connectivity index (χ2n) is 9.04. The molecule has 5 aromatic rings. The number of aromatic nitrogens is 5. The van der Waals surface area contributed by atoms with Crippen molar-refractivity contribution in [2.24, 2.45) is 0 Å². The summed E-state index contributed by atoms with van der Waals surface area (Å²) in [6.07, 6.45) is 4.06. The van der Waals surface area contributed by atoms with Gasteiger partial charge in [-0.15, -0.1) is 0 Å². The first-order valence-electron chi connectivity index (χ1n) is 11.7. The number of benzene rings is 3. The number of halogens is 2. The molecule has 0 amide bonds. The van der Waals surface area contributed by atoms with Crippen LogP contribution < -0.4 is 4.72 Å². The van der Waals surface area contributed by atoms with Gasteiger partial charge in [-0.2, -0.15) is 10.2 Å².